The number of carbonyl (C=O) groups is 2. The van der Waals surface area contributed by atoms with Crippen molar-refractivity contribution in [2.75, 3.05) is 13.1 Å². The number of hydrogen-bond donors (Lipinski definition) is 0. The van der Waals surface area contributed by atoms with Gasteiger partial charge in [0.2, 0.25) is 5.91 Å². The van der Waals surface area contributed by atoms with Crippen molar-refractivity contribution in [1.29, 1.82) is 0 Å². The monoisotopic (exact) mass is 445 g/mol. The van der Waals surface area contributed by atoms with E-state index in [0.29, 0.717) is 30.1 Å². The van der Waals surface area contributed by atoms with Gasteiger partial charge in [0.05, 0.1) is 23.2 Å². The zero-order chi connectivity index (χ0) is 21.9. The minimum absolute atomic E-state index is 0.0916. The highest BCUT2D eigenvalue weighted by atomic mass is 35.5. The topological polar surface area (TPSA) is 72.4 Å². The summed E-state index contributed by atoms with van der Waals surface area (Å²) in [7, 11) is 0. The second-order valence-electron chi connectivity index (χ2n) is 8.80. The lowest BCUT2D eigenvalue weighted by Crippen LogP contribution is -2.40. The van der Waals surface area contributed by atoms with E-state index in [4.69, 9.17) is 16.3 Å². The normalized spacial score (nSPS) is 22.7. The van der Waals surface area contributed by atoms with Crippen LogP contribution in [-0.2, 0) is 20.5 Å². The fraction of sp³-hybridized carbons (Fsp3) is 0.280. The van der Waals surface area contributed by atoms with Gasteiger partial charge < -0.3 is 9.64 Å². The first-order valence-electron chi connectivity index (χ1n) is 10.7. The van der Waals surface area contributed by atoms with Crippen LogP contribution in [0.3, 0.4) is 0 Å². The number of aromatic nitrogens is 2. The van der Waals surface area contributed by atoms with E-state index in [1.54, 1.807) is 12.4 Å². The molecule has 2 aliphatic heterocycles. The van der Waals surface area contributed by atoms with Crippen LogP contribution in [0.5, 0.6) is 0 Å². The fourth-order valence-corrected chi connectivity index (χ4v) is 5.15. The Labute approximate surface area is 190 Å². The SMILES string of the molecule is O=C1OC2(CCN(C(=O)C3(c4ccc(-c5ccc(Cl)cc5)nc4)CC3)C2)c2ccncc21. The van der Waals surface area contributed by atoms with E-state index in [2.05, 4.69) is 9.97 Å². The van der Waals surface area contributed by atoms with Gasteiger partial charge in [-0.15, -0.1) is 0 Å². The van der Waals surface area contributed by atoms with E-state index >= 15 is 0 Å². The van der Waals surface area contributed by atoms with Crippen LogP contribution in [0.4, 0.5) is 0 Å². The third kappa shape index (κ3) is 2.86. The molecular formula is C25H20ClN3O3. The number of amides is 1. The zero-order valence-corrected chi connectivity index (χ0v) is 18.0. The van der Waals surface area contributed by atoms with E-state index in [0.717, 1.165) is 35.2 Å². The predicted molar refractivity (Wildman–Crippen MR) is 118 cm³/mol. The van der Waals surface area contributed by atoms with Crippen molar-refractivity contribution >= 4 is 23.5 Å². The summed E-state index contributed by atoms with van der Waals surface area (Å²) in [4.78, 5) is 36.4. The highest BCUT2D eigenvalue weighted by Crippen LogP contribution is 2.52. The molecule has 1 aromatic carbocycles. The van der Waals surface area contributed by atoms with Gasteiger partial charge >= 0.3 is 5.97 Å². The summed E-state index contributed by atoms with van der Waals surface area (Å²) in [5.74, 6) is -0.264. The van der Waals surface area contributed by atoms with Crippen LogP contribution in [0.25, 0.3) is 11.3 Å². The zero-order valence-electron chi connectivity index (χ0n) is 17.3. The first-order valence-corrected chi connectivity index (χ1v) is 11.1. The summed E-state index contributed by atoms with van der Waals surface area (Å²) in [6.07, 6.45) is 7.24. The summed E-state index contributed by atoms with van der Waals surface area (Å²) < 4.78 is 5.78. The number of pyridine rings is 2. The maximum atomic E-state index is 13.6. The van der Waals surface area contributed by atoms with Crippen molar-refractivity contribution in [3.05, 3.63) is 82.8 Å². The van der Waals surface area contributed by atoms with Gasteiger partial charge in [-0.05, 0) is 42.7 Å². The van der Waals surface area contributed by atoms with Crippen molar-refractivity contribution < 1.29 is 14.3 Å². The molecule has 32 heavy (non-hydrogen) atoms. The van der Waals surface area contributed by atoms with Crippen LogP contribution in [0.15, 0.2) is 61.1 Å². The molecule has 1 saturated carbocycles. The van der Waals surface area contributed by atoms with Crippen molar-refractivity contribution in [3.63, 3.8) is 0 Å². The number of nitrogens with zero attached hydrogens (tertiary/aromatic N) is 3. The summed E-state index contributed by atoms with van der Waals surface area (Å²) in [6.45, 7) is 0.943. The number of ether oxygens (including phenoxy) is 1. The molecule has 3 aliphatic rings. The molecule has 1 saturated heterocycles. The lowest BCUT2D eigenvalue weighted by atomic mass is 9.92. The molecule has 3 aromatic rings. The minimum atomic E-state index is -0.752. The molecule has 1 amide bonds. The van der Waals surface area contributed by atoms with Crippen LogP contribution in [-0.4, -0.2) is 39.8 Å². The number of benzene rings is 1. The molecule has 2 fully saturated rings. The van der Waals surface area contributed by atoms with Crippen molar-refractivity contribution in [1.82, 2.24) is 14.9 Å². The number of fused-ring (bicyclic) bond motifs is 2. The van der Waals surface area contributed by atoms with Gasteiger partial charge in [-0.2, -0.15) is 0 Å². The Morgan fingerprint density at radius 2 is 1.84 bits per heavy atom. The Hall–Kier alpha value is -3.25. The lowest BCUT2D eigenvalue weighted by molar-refractivity contribution is -0.134. The molecule has 1 aliphatic carbocycles. The maximum Gasteiger partial charge on any atom is 0.341 e. The van der Waals surface area contributed by atoms with Crippen molar-refractivity contribution in [2.45, 2.75) is 30.3 Å². The summed E-state index contributed by atoms with van der Waals surface area (Å²) in [5.41, 5.74) is 2.83. The van der Waals surface area contributed by atoms with Gasteiger partial charge in [-0.3, -0.25) is 14.8 Å². The number of rotatable bonds is 3. The predicted octanol–water partition coefficient (Wildman–Crippen LogP) is 4.13. The molecular weight excluding hydrogens is 426 g/mol. The standard InChI is InChI=1S/C25H20ClN3O3/c26-18-4-1-16(2-5-18)21-6-3-17(13-28-21)24(8-9-24)23(31)29-12-10-25(15-29)20-7-11-27-14-19(20)22(30)32-25/h1-7,11,13-14H,8-10,12,15H2. The van der Waals surface area contributed by atoms with Crippen LogP contribution >= 0.6 is 11.6 Å². The van der Waals surface area contributed by atoms with Gasteiger partial charge in [0.25, 0.3) is 0 Å². The Morgan fingerprint density at radius 1 is 1.03 bits per heavy atom. The van der Waals surface area contributed by atoms with Gasteiger partial charge in [0.1, 0.15) is 0 Å². The molecule has 1 atom stereocenters. The first kappa shape index (κ1) is 19.4. The maximum absolute atomic E-state index is 13.6. The highest BCUT2D eigenvalue weighted by molar-refractivity contribution is 6.30. The second kappa shape index (κ2) is 6.87. The quantitative estimate of drug-likeness (QED) is 0.567. The Bertz CT molecular complexity index is 1240. The van der Waals surface area contributed by atoms with Gasteiger partial charge in [0.15, 0.2) is 5.60 Å². The molecule has 1 spiro atoms. The molecule has 2 aromatic heterocycles. The smallest absolute Gasteiger partial charge is 0.341 e. The molecule has 7 heteroatoms. The third-order valence-corrected chi connectivity index (χ3v) is 7.21. The molecule has 1 unspecified atom stereocenters. The Balaban J connectivity index is 1.24. The largest absolute Gasteiger partial charge is 0.449 e. The van der Waals surface area contributed by atoms with E-state index in [1.807, 2.05) is 53.6 Å². The first-order chi connectivity index (χ1) is 15.5. The van der Waals surface area contributed by atoms with Crippen LogP contribution in [0, 0.1) is 0 Å². The summed E-state index contributed by atoms with van der Waals surface area (Å²) >= 11 is 5.98. The van der Waals surface area contributed by atoms with E-state index in [1.165, 1.54) is 0 Å². The molecule has 0 radical (unpaired) electrons. The molecule has 0 bridgehead atoms. The summed E-state index contributed by atoms with van der Waals surface area (Å²) in [6, 6.07) is 13.3. The molecule has 0 N–H and O–H groups in total. The average molecular weight is 446 g/mol. The summed E-state index contributed by atoms with van der Waals surface area (Å²) in [5, 5.41) is 0.683. The molecule has 6 nitrogen and oxygen atoms in total. The van der Waals surface area contributed by atoms with E-state index < -0.39 is 11.0 Å². The third-order valence-electron chi connectivity index (χ3n) is 6.95. The number of esters is 1. The average Bonchev–Trinajstić information content (AvgIpc) is 3.46. The van der Waals surface area contributed by atoms with Crippen LogP contribution < -0.4 is 0 Å². The van der Waals surface area contributed by atoms with Crippen molar-refractivity contribution in [3.8, 4) is 11.3 Å². The number of halogens is 1. The number of likely N-dealkylation sites (tertiary alicyclic amines) is 1. The van der Waals surface area contributed by atoms with Gasteiger partial charge in [0, 0.05) is 47.7 Å². The number of carbonyl (C=O) groups excluding carboxylic acids is 2. The lowest BCUT2D eigenvalue weighted by Gasteiger charge is -2.26. The van der Waals surface area contributed by atoms with E-state index in [-0.39, 0.29) is 11.9 Å². The second-order valence-corrected chi connectivity index (χ2v) is 9.24. The number of hydrogen-bond acceptors (Lipinski definition) is 5. The van der Waals surface area contributed by atoms with Crippen LogP contribution in [0.2, 0.25) is 5.02 Å². The molecule has 160 valence electrons. The molecule has 6 rings (SSSR count). The molecule has 4 heterocycles. The Kier molecular flexibility index (Phi) is 4.17. The van der Waals surface area contributed by atoms with Gasteiger partial charge in [-0.1, -0.05) is 29.8 Å². The Morgan fingerprint density at radius 3 is 2.56 bits per heavy atom. The van der Waals surface area contributed by atoms with E-state index in [9.17, 15) is 9.59 Å². The minimum Gasteiger partial charge on any atom is -0.449 e. The van der Waals surface area contributed by atoms with Gasteiger partial charge in [-0.25, -0.2) is 4.79 Å². The fourth-order valence-electron chi connectivity index (χ4n) is 5.02. The van der Waals surface area contributed by atoms with Crippen LogP contribution in [0.1, 0.15) is 40.7 Å². The van der Waals surface area contributed by atoms with Crippen molar-refractivity contribution in [2.24, 2.45) is 0 Å². The highest BCUT2D eigenvalue weighted by Gasteiger charge is 2.57.